The van der Waals surface area contributed by atoms with E-state index < -0.39 is 6.10 Å². The summed E-state index contributed by atoms with van der Waals surface area (Å²) < 4.78 is 0. The molecule has 4 rings (SSSR count). The number of aliphatic hydroxyl groups excluding tert-OH is 1. The number of amides is 1. The predicted molar refractivity (Wildman–Crippen MR) is 106 cm³/mol. The molecule has 0 radical (unpaired) electrons. The maximum absolute atomic E-state index is 12.3. The number of H-pyrrole nitrogens is 1. The molecule has 2 atom stereocenters. The second-order valence-electron chi connectivity index (χ2n) is 8.06. The first-order chi connectivity index (χ1) is 13.7. The van der Waals surface area contributed by atoms with Gasteiger partial charge in [-0.1, -0.05) is 19.3 Å². The van der Waals surface area contributed by atoms with E-state index in [4.69, 9.17) is 0 Å². The fourth-order valence-corrected chi connectivity index (χ4v) is 4.49. The Morgan fingerprint density at radius 3 is 2.86 bits per heavy atom. The molecular formula is C21H29N5O2. The molecule has 7 heteroatoms. The Bertz CT molecular complexity index is 772. The standard InChI is InChI=1S/C21H29N5O2/c27-19-14-26(10-8-18(19)24-21(28)16-7-4-9-22-11-16)13-17-12-23-25-20(17)15-5-2-1-3-6-15/h4,7,9,11-12,15,18-19,27H,1-3,5-6,8,10,13-14H2,(H,23,25)(H,24,28). The maximum Gasteiger partial charge on any atom is 0.253 e. The van der Waals surface area contributed by atoms with Gasteiger partial charge in [-0.05, 0) is 31.4 Å². The number of nitrogens with one attached hydrogen (secondary N) is 2. The molecule has 2 aromatic rings. The molecule has 7 nitrogen and oxygen atoms in total. The lowest BCUT2D eigenvalue weighted by Gasteiger charge is -2.36. The van der Waals surface area contributed by atoms with Crippen LogP contribution in [0.15, 0.2) is 30.7 Å². The third-order valence-corrected chi connectivity index (χ3v) is 6.06. The molecule has 0 aromatic carbocycles. The minimum Gasteiger partial charge on any atom is -0.390 e. The van der Waals surface area contributed by atoms with Crippen molar-refractivity contribution in [1.82, 2.24) is 25.4 Å². The van der Waals surface area contributed by atoms with E-state index in [9.17, 15) is 9.90 Å². The third-order valence-electron chi connectivity index (χ3n) is 6.06. The van der Waals surface area contributed by atoms with Gasteiger partial charge in [-0.3, -0.25) is 19.8 Å². The lowest BCUT2D eigenvalue weighted by molar-refractivity contribution is 0.0348. The summed E-state index contributed by atoms with van der Waals surface area (Å²) in [5, 5.41) is 21.1. The number of pyridine rings is 1. The summed E-state index contributed by atoms with van der Waals surface area (Å²) in [6.07, 6.45) is 11.7. The van der Waals surface area contributed by atoms with Crippen molar-refractivity contribution >= 4 is 5.91 Å². The highest BCUT2D eigenvalue weighted by atomic mass is 16.3. The van der Waals surface area contributed by atoms with Crippen LogP contribution in [0.5, 0.6) is 0 Å². The molecular weight excluding hydrogens is 354 g/mol. The summed E-state index contributed by atoms with van der Waals surface area (Å²) in [6.45, 7) is 2.18. The van der Waals surface area contributed by atoms with Crippen LogP contribution in [0.25, 0.3) is 0 Å². The highest BCUT2D eigenvalue weighted by Gasteiger charge is 2.30. The summed E-state index contributed by atoms with van der Waals surface area (Å²) in [7, 11) is 0. The summed E-state index contributed by atoms with van der Waals surface area (Å²) in [4.78, 5) is 18.6. The van der Waals surface area contributed by atoms with Crippen molar-refractivity contribution in [3.63, 3.8) is 0 Å². The van der Waals surface area contributed by atoms with Gasteiger partial charge in [0.25, 0.3) is 5.91 Å². The van der Waals surface area contributed by atoms with Gasteiger partial charge in [-0.25, -0.2) is 0 Å². The van der Waals surface area contributed by atoms with Crippen LogP contribution in [0, 0.1) is 0 Å². The van der Waals surface area contributed by atoms with E-state index in [1.165, 1.54) is 43.4 Å². The number of likely N-dealkylation sites (tertiary alicyclic amines) is 1. The van der Waals surface area contributed by atoms with Crippen molar-refractivity contribution in [3.8, 4) is 0 Å². The minimum absolute atomic E-state index is 0.181. The summed E-state index contributed by atoms with van der Waals surface area (Å²) in [5.74, 6) is 0.410. The monoisotopic (exact) mass is 383 g/mol. The van der Waals surface area contributed by atoms with Gasteiger partial charge in [-0.2, -0.15) is 5.10 Å². The fraction of sp³-hybridized carbons (Fsp3) is 0.571. The van der Waals surface area contributed by atoms with Crippen molar-refractivity contribution in [3.05, 3.63) is 47.5 Å². The Hall–Kier alpha value is -2.25. The SMILES string of the molecule is O=C(NC1CCN(Cc2cn[nH]c2C2CCCCC2)CC1O)c1cccnc1. The molecule has 28 heavy (non-hydrogen) atoms. The van der Waals surface area contributed by atoms with E-state index in [0.717, 1.165) is 19.5 Å². The number of aliphatic hydroxyl groups is 1. The predicted octanol–water partition coefficient (Wildman–Crippen LogP) is 2.22. The number of nitrogens with zero attached hydrogens (tertiary/aromatic N) is 3. The van der Waals surface area contributed by atoms with E-state index in [0.29, 0.717) is 18.0 Å². The average Bonchev–Trinajstić information content (AvgIpc) is 3.19. The van der Waals surface area contributed by atoms with E-state index in [2.05, 4.69) is 25.4 Å². The molecule has 2 aliphatic rings. The van der Waals surface area contributed by atoms with E-state index in [1.807, 2.05) is 6.20 Å². The zero-order chi connectivity index (χ0) is 19.3. The maximum atomic E-state index is 12.3. The van der Waals surface area contributed by atoms with Crippen LogP contribution < -0.4 is 5.32 Å². The molecule has 1 aliphatic heterocycles. The Balaban J connectivity index is 1.32. The van der Waals surface area contributed by atoms with Crippen LogP contribution in [0.1, 0.15) is 66.1 Å². The van der Waals surface area contributed by atoms with Gasteiger partial charge in [0.15, 0.2) is 0 Å². The highest BCUT2D eigenvalue weighted by Crippen LogP contribution is 2.33. The Morgan fingerprint density at radius 2 is 2.11 bits per heavy atom. The molecule has 2 unspecified atom stereocenters. The van der Waals surface area contributed by atoms with Gasteiger partial charge in [0.1, 0.15) is 0 Å². The van der Waals surface area contributed by atoms with Gasteiger partial charge in [0, 0.05) is 49.2 Å². The molecule has 2 fully saturated rings. The topological polar surface area (TPSA) is 94.1 Å². The van der Waals surface area contributed by atoms with Crippen molar-refractivity contribution in [2.45, 2.75) is 63.1 Å². The third kappa shape index (κ3) is 4.42. The number of carbonyl (C=O) groups excluding carboxylic acids is 1. The van der Waals surface area contributed by atoms with Crippen LogP contribution in [0.2, 0.25) is 0 Å². The lowest BCUT2D eigenvalue weighted by Crippen LogP contribution is -2.53. The van der Waals surface area contributed by atoms with Crippen LogP contribution in [0.3, 0.4) is 0 Å². The molecule has 1 amide bonds. The first-order valence-electron chi connectivity index (χ1n) is 10.3. The van der Waals surface area contributed by atoms with E-state index in [1.54, 1.807) is 24.5 Å². The van der Waals surface area contributed by atoms with Gasteiger partial charge < -0.3 is 10.4 Å². The molecule has 0 spiro atoms. The Kier molecular flexibility index (Phi) is 6.02. The largest absolute Gasteiger partial charge is 0.390 e. The van der Waals surface area contributed by atoms with Crippen molar-refractivity contribution < 1.29 is 9.90 Å². The van der Waals surface area contributed by atoms with Crippen molar-refractivity contribution in [2.24, 2.45) is 0 Å². The number of rotatable bonds is 5. The Labute approximate surface area is 165 Å². The van der Waals surface area contributed by atoms with Crippen LogP contribution in [-0.4, -0.2) is 56.3 Å². The van der Waals surface area contributed by atoms with Crippen molar-refractivity contribution in [1.29, 1.82) is 0 Å². The van der Waals surface area contributed by atoms with E-state index >= 15 is 0 Å². The summed E-state index contributed by atoms with van der Waals surface area (Å²) in [5.41, 5.74) is 3.05. The van der Waals surface area contributed by atoms with Gasteiger partial charge in [0.05, 0.1) is 23.9 Å². The number of piperidine rings is 1. The molecule has 1 saturated carbocycles. The molecule has 1 saturated heterocycles. The lowest BCUT2D eigenvalue weighted by atomic mass is 9.85. The molecule has 2 aromatic heterocycles. The smallest absolute Gasteiger partial charge is 0.253 e. The molecule has 3 heterocycles. The Morgan fingerprint density at radius 1 is 1.25 bits per heavy atom. The number of aromatic amines is 1. The second-order valence-corrected chi connectivity index (χ2v) is 8.06. The quantitative estimate of drug-likeness (QED) is 0.736. The summed E-state index contributed by atoms with van der Waals surface area (Å²) in [6, 6.07) is 3.24. The zero-order valence-corrected chi connectivity index (χ0v) is 16.2. The van der Waals surface area contributed by atoms with Crippen LogP contribution in [0.4, 0.5) is 0 Å². The summed E-state index contributed by atoms with van der Waals surface area (Å²) >= 11 is 0. The second kappa shape index (κ2) is 8.84. The fourth-order valence-electron chi connectivity index (χ4n) is 4.49. The number of hydrogen-bond donors (Lipinski definition) is 3. The first-order valence-corrected chi connectivity index (χ1v) is 10.3. The number of β-amino-alcohol motifs (C(OH)–C–C–N with tert-alkyl or cyclic N) is 1. The number of hydrogen-bond acceptors (Lipinski definition) is 5. The zero-order valence-electron chi connectivity index (χ0n) is 16.2. The molecule has 150 valence electrons. The average molecular weight is 383 g/mol. The first kappa shape index (κ1) is 19.1. The van der Waals surface area contributed by atoms with E-state index in [-0.39, 0.29) is 11.9 Å². The van der Waals surface area contributed by atoms with Crippen LogP contribution >= 0.6 is 0 Å². The number of carbonyl (C=O) groups is 1. The van der Waals surface area contributed by atoms with Gasteiger partial charge in [-0.15, -0.1) is 0 Å². The van der Waals surface area contributed by atoms with Gasteiger partial charge in [0.2, 0.25) is 0 Å². The van der Waals surface area contributed by atoms with Crippen molar-refractivity contribution in [2.75, 3.05) is 13.1 Å². The van der Waals surface area contributed by atoms with Gasteiger partial charge >= 0.3 is 0 Å². The van der Waals surface area contributed by atoms with Crippen LogP contribution in [-0.2, 0) is 6.54 Å². The molecule has 1 aliphatic carbocycles. The minimum atomic E-state index is -0.584. The highest BCUT2D eigenvalue weighted by molar-refractivity contribution is 5.94. The normalized spacial score (nSPS) is 24.2. The molecule has 3 N–H and O–H groups in total. The molecule has 0 bridgehead atoms. The number of aromatic nitrogens is 3.